The number of para-hydroxylation sites is 1. The molecule has 0 spiro atoms. The molecule has 21 heavy (non-hydrogen) atoms. The summed E-state index contributed by atoms with van der Waals surface area (Å²) in [6.07, 6.45) is 5.70. The molecule has 0 bridgehead atoms. The Morgan fingerprint density at radius 3 is 2.57 bits per heavy atom. The van der Waals surface area contributed by atoms with Crippen molar-refractivity contribution in [3.8, 4) is 0 Å². The molecule has 1 aliphatic rings. The van der Waals surface area contributed by atoms with Gasteiger partial charge < -0.3 is 5.73 Å². The fraction of sp³-hybridized carbons (Fsp3) is 0.526. The molecule has 0 aliphatic heterocycles. The van der Waals surface area contributed by atoms with Crippen LogP contribution >= 0.6 is 0 Å². The van der Waals surface area contributed by atoms with Crippen LogP contribution in [0.2, 0.25) is 0 Å². The van der Waals surface area contributed by atoms with Crippen molar-refractivity contribution in [2.45, 2.75) is 51.5 Å². The van der Waals surface area contributed by atoms with Crippen molar-refractivity contribution in [1.29, 1.82) is 0 Å². The summed E-state index contributed by atoms with van der Waals surface area (Å²) in [5, 5.41) is 1.20. The molecule has 2 nitrogen and oxygen atoms in total. The standard InChI is InChI=1S/C19H26N2/c1-14(2)15-9-11-19(20,12-10-15)13-17-8-7-16-5-3-4-6-18(16)21-17/h3-8,14-15H,9-13,20H2,1-2H3. The van der Waals surface area contributed by atoms with E-state index in [2.05, 4.69) is 44.2 Å². The Hall–Kier alpha value is -1.41. The van der Waals surface area contributed by atoms with Crippen LogP contribution in [0.25, 0.3) is 10.9 Å². The highest BCUT2D eigenvalue weighted by Gasteiger charge is 2.33. The van der Waals surface area contributed by atoms with Crippen molar-refractivity contribution in [2.75, 3.05) is 0 Å². The minimum absolute atomic E-state index is 0.0547. The Morgan fingerprint density at radius 2 is 1.86 bits per heavy atom. The number of hydrogen-bond acceptors (Lipinski definition) is 2. The Balaban J connectivity index is 1.73. The Morgan fingerprint density at radius 1 is 1.14 bits per heavy atom. The second kappa shape index (κ2) is 5.76. The first kappa shape index (κ1) is 14.5. The molecule has 3 rings (SSSR count). The van der Waals surface area contributed by atoms with Crippen LogP contribution in [0, 0.1) is 11.8 Å². The normalized spacial score (nSPS) is 26.4. The van der Waals surface area contributed by atoms with Crippen molar-refractivity contribution in [2.24, 2.45) is 17.6 Å². The van der Waals surface area contributed by atoms with Gasteiger partial charge in [-0.15, -0.1) is 0 Å². The van der Waals surface area contributed by atoms with Gasteiger partial charge in [0.25, 0.3) is 0 Å². The highest BCUT2D eigenvalue weighted by atomic mass is 14.8. The maximum absolute atomic E-state index is 6.66. The highest BCUT2D eigenvalue weighted by molar-refractivity contribution is 5.78. The van der Waals surface area contributed by atoms with Crippen LogP contribution in [-0.4, -0.2) is 10.5 Å². The van der Waals surface area contributed by atoms with Gasteiger partial charge in [0.05, 0.1) is 5.52 Å². The summed E-state index contributed by atoms with van der Waals surface area (Å²) in [6.45, 7) is 4.66. The van der Waals surface area contributed by atoms with Crippen LogP contribution in [-0.2, 0) is 6.42 Å². The highest BCUT2D eigenvalue weighted by Crippen LogP contribution is 2.36. The molecular weight excluding hydrogens is 256 g/mol. The van der Waals surface area contributed by atoms with E-state index in [0.717, 1.165) is 42.3 Å². The van der Waals surface area contributed by atoms with Gasteiger partial charge in [-0.2, -0.15) is 0 Å². The van der Waals surface area contributed by atoms with Gasteiger partial charge in [-0.3, -0.25) is 4.98 Å². The molecule has 1 saturated carbocycles. The zero-order chi connectivity index (χ0) is 14.9. The monoisotopic (exact) mass is 282 g/mol. The van der Waals surface area contributed by atoms with Gasteiger partial charge >= 0.3 is 0 Å². The van der Waals surface area contributed by atoms with Crippen molar-refractivity contribution in [1.82, 2.24) is 4.98 Å². The van der Waals surface area contributed by atoms with Gasteiger partial charge in [0.1, 0.15) is 0 Å². The summed E-state index contributed by atoms with van der Waals surface area (Å²) >= 11 is 0. The number of pyridine rings is 1. The molecule has 1 aromatic carbocycles. The van der Waals surface area contributed by atoms with Gasteiger partial charge in [-0.1, -0.05) is 38.1 Å². The Kier molecular flexibility index (Phi) is 3.99. The largest absolute Gasteiger partial charge is 0.325 e. The molecule has 0 amide bonds. The van der Waals surface area contributed by atoms with E-state index in [1.165, 1.54) is 18.2 Å². The lowest BCUT2D eigenvalue weighted by molar-refractivity contribution is 0.193. The van der Waals surface area contributed by atoms with Gasteiger partial charge in [0.15, 0.2) is 0 Å². The lowest BCUT2D eigenvalue weighted by Crippen LogP contribution is -2.46. The Bertz CT molecular complexity index is 610. The number of hydrogen-bond donors (Lipinski definition) is 1. The maximum Gasteiger partial charge on any atom is 0.0705 e. The number of rotatable bonds is 3. The van der Waals surface area contributed by atoms with Crippen LogP contribution in [0.15, 0.2) is 36.4 Å². The summed E-state index contributed by atoms with van der Waals surface area (Å²) < 4.78 is 0. The van der Waals surface area contributed by atoms with Gasteiger partial charge in [0, 0.05) is 23.0 Å². The number of benzene rings is 1. The fourth-order valence-electron chi connectivity index (χ4n) is 3.63. The predicted octanol–water partition coefficient (Wildman–Crippen LogP) is 4.32. The third kappa shape index (κ3) is 3.26. The molecular formula is C19H26N2. The molecule has 1 aliphatic carbocycles. The van der Waals surface area contributed by atoms with Crippen LogP contribution < -0.4 is 5.73 Å². The molecule has 1 heterocycles. The number of aromatic nitrogens is 1. The molecule has 1 fully saturated rings. The van der Waals surface area contributed by atoms with Crippen molar-refractivity contribution < 1.29 is 0 Å². The minimum atomic E-state index is -0.0547. The SMILES string of the molecule is CC(C)C1CCC(N)(Cc2ccc3ccccc3n2)CC1. The first-order chi connectivity index (χ1) is 10.1. The topological polar surface area (TPSA) is 38.9 Å². The summed E-state index contributed by atoms with van der Waals surface area (Å²) in [4.78, 5) is 4.79. The molecule has 2 heteroatoms. The first-order valence-electron chi connectivity index (χ1n) is 8.19. The van der Waals surface area contributed by atoms with Crippen LogP contribution in [0.1, 0.15) is 45.2 Å². The second-order valence-corrected chi connectivity index (χ2v) is 7.12. The third-order valence-electron chi connectivity index (χ3n) is 5.16. The van der Waals surface area contributed by atoms with Crippen LogP contribution in [0.5, 0.6) is 0 Å². The van der Waals surface area contributed by atoms with Gasteiger partial charge in [-0.05, 0) is 49.7 Å². The molecule has 0 atom stereocenters. The third-order valence-corrected chi connectivity index (χ3v) is 5.16. The second-order valence-electron chi connectivity index (χ2n) is 7.12. The molecule has 0 radical (unpaired) electrons. The number of nitrogens with zero attached hydrogens (tertiary/aromatic N) is 1. The summed E-state index contributed by atoms with van der Waals surface area (Å²) in [7, 11) is 0. The smallest absolute Gasteiger partial charge is 0.0705 e. The van der Waals surface area contributed by atoms with E-state index in [9.17, 15) is 0 Å². The molecule has 2 N–H and O–H groups in total. The van der Waals surface area contributed by atoms with E-state index in [4.69, 9.17) is 10.7 Å². The number of nitrogens with two attached hydrogens (primary N) is 1. The average molecular weight is 282 g/mol. The molecule has 0 saturated heterocycles. The van der Waals surface area contributed by atoms with E-state index < -0.39 is 0 Å². The van der Waals surface area contributed by atoms with Crippen molar-refractivity contribution in [3.63, 3.8) is 0 Å². The van der Waals surface area contributed by atoms with E-state index in [1.807, 2.05) is 6.07 Å². The first-order valence-corrected chi connectivity index (χ1v) is 8.19. The zero-order valence-corrected chi connectivity index (χ0v) is 13.2. The molecule has 1 aromatic heterocycles. The molecule has 0 unspecified atom stereocenters. The van der Waals surface area contributed by atoms with Crippen LogP contribution in [0.4, 0.5) is 0 Å². The minimum Gasteiger partial charge on any atom is -0.325 e. The lowest BCUT2D eigenvalue weighted by Gasteiger charge is -2.38. The van der Waals surface area contributed by atoms with E-state index in [0.29, 0.717) is 0 Å². The van der Waals surface area contributed by atoms with Crippen LogP contribution in [0.3, 0.4) is 0 Å². The summed E-state index contributed by atoms with van der Waals surface area (Å²) in [6, 6.07) is 12.6. The average Bonchev–Trinajstić information content (AvgIpc) is 2.47. The molecule has 2 aromatic rings. The Labute approximate surface area is 127 Å². The van der Waals surface area contributed by atoms with Crippen molar-refractivity contribution in [3.05, 3.63) is 42.1 Å². The van der Waals surface area contributed by atoms with Crippen molar-refractivity contribution >= 4 is 10.9 Å². The quantitative estimate of drug-likeness (QED) is 0.910. The summed E-state index contributed by atoms with van der Waals surface area (Å²) in [5.41, 5.74) is 8.82. The van der Waals surface area contributed by atoms with E-state index >= 15 is 0 Å². The predicted molar refractivity (Wildman–Crippen MR) is 89.2 cm³/mol. The van der Waals surface area contributed by atoms with Gasteiger partial charge in [0.2, 0.25) is 0 Å². The van der Waals surface area contributed by atoms with E-state index in [1.54, 1.807) is 0 Å². The lowest BCUT2D eigenvalue weighted by atomic mass is 9.71. The fourth-order valence-corrected chi connectivity index (χ4v) is 3.63. The summed E-state index contributed by atoms with van der Waals surface area (Å²) in [5.74, 6) is 1.64. The molecule has 112 valence electrons. The number of fused-ring (bicyclic) bond motifs is 1. The zero-order valence-electron chi connectivity index (χ0n) is 13.2. The maximum atomic E-state index is 6.66. The van der Waals surface area contributed by atoms with E-state index in [-0.39, 0.29) is 5.54 Å². The van der Waals surface area contributed by atoms with Gasteiger partial charge in [-0.25, -0.2) is 0 Å².